The highest BCUT2D eigenvalue weighted by Gasteiger charge is 2.55. The minimum Gasteiger partial charge on any atom is -0.493 e. The first-order valence-electron chi connectivity index (χ1n) is 19.5. The molecule has 0 amide bonds. The molecule has 1 aliphatic heterocycles. The maximum Gasteiger partial charge on any atom is 0.329 e. The molecule has 278 valence electrons. The van der Waals surface area contributed by atoms with Crippen LogP contribution in [-0.4, -0.2) is 66.0 Å². The van der Waals surface area contributed by atoms with Crippen molar-refractivity contribution in [3.05, 3.63) is 76.1 Å². The highest BCUT2D eigenvalue weighted by atomic mass is 35.5. The van der Waals surface area contributed by atoms with Crippen LogP contribution in [0.1, 0.15) is 99.9 Å². The van der Waals surface area contributed by atoms with Gasteiger partial charge >= 0.3 is 5.97 Å². The first-order chi connectivity index (χ1) is 25.0. The van der Waals surface area contributed by atoms with E-state index in [1.165, 1.54) is 48.1 Å². The van der Waals surface area contributed by atoms with Gasteiger partial charge in [0.05, 0.1) is 19.8 Å². The minimum atomic E-state index is -1.07. The molecule has 52 heavy (non-hydrogen) atoms. The van der Waals surface area contributed by atoms with E-state index in [1.54, 1.807) is 0 Å². The molecule has 1 unspecified atom stereocenters. The van der Waals surface area contributed by atoms with Crippen molar-refractivity contribution in [2.75, 3.05) is 39.2 Å². The molecular formula is C43H54ClN3O5. The zero-order chi connectivity index (χ0) is 36.3. The summed E-state index contributed by atoms with van der Waals surface area (Å²) >= 11 is 6.31. The molecular weight excluding hydrogens is 674 g/mol. The topological polar surface area (TPSA) is 93.2 Å². The third-order valence-corrected chi connectivity index (χ3v) is 13.9. The number of nitrogens with one attached hydrogen (secondary N) is 1. The van der Waals surface area contributed by atoms with Crippen LogP contribution in [0.25, 0.3) is 0 Å². The number of aliphatic carboxylic acids is 1. The molecule has 8 rings (SSSR count). The molecule has 2 fully saturated rings. The first kappa shape index (κ1) is 35.5. The van der Waals surface area contributed by atoms with Gasteiger partial charge in [0.2, 0.25) is 0 Å². The fourth-order valence-electron chi connectivity index (χ4n) is 10.4. The van der Waals surface area contributed by atoms with Crippen LogP contribution in [0.15, 0.2) is 48.7 Å². The van der Waals surface area contributed by atoms with E-state index in [4.69, 9.17) is 25.8 Å². The van der Waals surface area contributed by atoms with E-state index in [9.17, 15) is 9.90 Å². The van der Waals surface area contributed by atoms with Crippen molar-refractivity contribution in [3.63, 3.8) is 0 Å². The Morgan fingerprint density at radius 2 is 1.83 bits per heavy atom. The lowest BCUT2D eigenvalue weighted by Gasteiger charge is -2.47. The zero-order valence-electron chi connectivity index (χ0n) is 31.2. The summed E-state index contributed by atoms with van der Waals surface area (Å²) in [6, 6.07) is 14.0. The van der Waals surface area contributed by atoms with Gasteiger partial charge in [-0.3, -0.25) is 4.98 Å². The van der Waals surface area contributed by atoms with Crippen molar-refractivity contribution in [1.82, 2.24) is 9.88 Å². The number of carboxylic acids is 1. The molecule has 9 heteroatoms. The number of anilines is 1. The first-order valence-corrected chi connectivity index (χ1v) is 19.9. The van der Waals surface area contributed by atoms with Crippen LogP contribution in [-0.2, 0) is 23.1 Å². The van der Waals surface area contributed by atoms with Crippen molar-refractivity contribution in [2.45, 2.75) is 107 Å². The van der Waals surface area contributed by atoms with Gasteiger partial charge < -0.3 is 29.5 Å². The number of pyridine rings is 1. The standard InChI is InChI=1S/C43H54ClN3O5/c1-27(24-50-36-11-18-45-35-10-5-7-28(2)39(35)36)19-30-20-29-21-37-38(52-26-31(25-51-37)43(16-17-43)47(3)4)23-34(29)41(30)12-14-42(15-13-41,40(48)49)46-33-9-6-8-32(44)22-33/h6,8-9,11,18,21-23,27-28,30-31,46H,5,7,10,12-17,19-20,24-26H2,1-4H3,(H,48,49)/t27-,28-,30+,31?,41?,42?/m1/s1. The molecule has 5 aliphatic rings. The number of aromatic nitrogens is 1. The Hall–Kier alpha value is -3.49. The van der Waals surface area contributed by atoms with Gasteiger partial charge in [0.1, 0.15) is 11.3 Å². The summed E-state index contributed by atoms with van der Waals surface area (Å²) in [5.41, 5.74) is 4.76. The smallest absolute Gasteiger partial charge is 0.329 e. The highest BCUT2D eigenvalue weighted by Crippen LogP contribution is 2.58. The lowest BCUT2D eigenvalue weighted by molar-refractivity contribution is -0.144. The third kappa shape index (κ3) is 6.31. The number of nitrogens with zero attached hydrogens (tertiary/aromatic N) is 2. The predicted molar refractivity (Wildman–Crippen MR) is 204 cm³/mol. The van der Waals surface area contributed by atoms with Crippen molar-refractivity contribution < 1.29 is 24.1 Å². The Morgan fingerprint density at radius 3 is 2.52 bits per heavy atom. The Kier molecular flexibility index (Phi) is 9.38. The van der Waals surface area contributed by atoms with Gasteiger partial charge in [0.25, 0.3) is 0 Å². The second-order valence-corrected chi connectivity index (χ2v) is 17.4. The van der Waals surface area contributed by atoms with Gasteiger partial charge in [-0.15, -0.1) is 0 Å². The number of halogens is 1. The number of aryl methyl sites for hydroxylation is 1. The fourth-order valence-corrected chi connectivity index (χ4v) is 10.6. The summed E-state index contributed by atoms with van der Waals surface area (Å²) in [4.78, 5) is 20.1. The number of fused-ring (bicyclic) bond motifs is 4. The average Bonchev–Trinajstić information content (AvgIpc) is 3.92. The van der Waals surface area contributed by atoms with Crippen LogP contribution >= 0.6 is 11.6 Å². The third-order valence-electron chi connectivity index (χ3n) is 13.6. The normalized spacial score (nSPS) is 29.2. The van der Waals surface area contributed by atoms with E-state index in [1.807, 2.05) is 36.5 Å². The van der Waals surface area contributed by atoms with Crippen molar-refractivity contribution in [1.29, 1.82) is 0 Å². The van der Waals surface area contributed by atoms with E-state index < -0.39 is 11.5 Å². The van der Waals surface area contributed by atoms with Crippen LogP contribution in [0, 0.1) is 17.8 Å². The Morgan fingerprint density at radius 1 is 1.08 bits per heavy atom. The molecule has 0 radical (unpaired) electrons. The summed E-state index contributed by atoms with van der Waals surface area (Å²) in [5, 5.41) is 14.7. The largest absolute Gasteiger partial charge is 0.493 e. The van der Waals surface area contributed by atoms with Crippen LogP contribution < -0.4 is 19.5 Å². The molecule has 2 saturated carbocycles. The van der Waals surface area contributed by atoms with E-state index >= 15 is 0 Å². The van der Waals surface area contributed by atoms with Gasteiger partial charge in [-0.05, 0) is 155 Å². The van der Waals surface area contributed by atoms with Gasteiger partial charge in [-0.25, -0.2) is 4.79 Å². The van der Waals surface area contributed by atoms with Crippen LogP contribution in [0.4, 0.5) is 5.69 Å². The van der Waals surface area contributed by atoms with Gasteiger partial charge in [0.15, 0.2) is 11.5 Å². The van der Waals surface area contributed by atoms with Crippen molar-refractivity contribution >= 4 is 23.3 Å². The summed E-state index contributed by atoms with van der Waals surface area (Å²) in [6.07, 6.45) is 12.1. The summed E-state index contributed by atoms with van der Waals surface area (Å²) in [5.74, 6) is 3.27. The maximum atomic E-state index is 13.1. The predicted octanol–water partition coefficient (Wildman–Crippen LogP) is 8.68. The molecule has 2 heterocycles. The van der Waals surface area contributed by atoms with Crippen LogP contribution in [0.5, 0.6) is 17.2 Å². The molecule has 2 N–H and O–H groups in total. The van der Waals surface area contributed by atoms with Gasteiger partial charge in [0, 0.05) is 39.6 Å². The number of hydrogen-bond acceptors (Lipinski definition) is 7. The van der Waals surface area contributed by atoms with E-state index in [0.29, 0.717) is 61.4 Å². The molecule has 4 atom stereocenters. The van der Waals surface area contributed by atoms with E-state index in [-0.39, 0.29) is 11.0 Å². The SMILES string of the molecule is C[C@@H](COc1ccnc2c1[C@H](C)CCC2)C[C@H]1Cc2cc3c(cc2C12CCC(Nc1cccc(Cl)c1)(C(=O)O)CC2)OCC(C1(N(C)C)CC1)CO3. The number of carboxylic acid groups (broad SMARTS) is 1. The number of ether oxygens (including phenoxy) is 3. The molecule has 1 aromatic heterocycles. The second-order valence-electron chi connectivity index (χ2n) is 17.0. The van der Waals surface area contributed by atoms with E-state index in [0.717, 1.165) is 55.0 Å². The Bertz CT molecular complexity index is 1820. The lowest BCUT2D eigenvalue weighted by Crippen LogP contribution is -2.53. The number of benzene rings is 2. The second kappa shape index (κ2) is 13.7. The average molecular weight is 728 g/mol. The molecule has 1 spiro atoms. The lowest BCUT2D eigenvalue weighted by atomic mass is 9.59. The molecule has 8 nitrogen and oxygen atoms in total. The van der Waals surface area contributed by atoms with E-state index in [2.05, 4.69) is 55.3 Å². The Labute approximate surface area is 313 Å². The molecule has 2 aromatic carbocycles. The zero-order valence-corrected chi connectivity index (χ0v) is 31.9. The summed E-state index contributed by atoms with van der Waals surface area (Å²) in [6.45, 7) is 6.52. The van der Waals surface area contributed by atoms with Crippen molar-refractivity contribution in [3.8, 4) is 17.2 Å². The minimum absolute atomic E-state index is 0.155. The number of hydrogen-bond donors (Lipinski definition) is 2. The van der Waals surface area contributed by atoms with Crippen molar-refractivity contribution in [2.24, 2.45) is 17.8 Å². The van der Waals surface area contributed by atoms with Crippen LogP contribution in [0.2, 0.25) is 5.02 Å². The van der Waals surface area contributed by atoms with Gasteiger partial charge in [-0.2, -0.15) is 0 Å². The Balaban J connectivity index is 1.06. The summed E-state index contributed by atoms with van der Waals surface area (Å²) in [7, 11) is 4.34. The summed E-state index contributed by atoms with van der Waals surface area (Å²) < 4.78 is 19.8. The molecule has 3 aromatic rings. The van der Waals surface area contributed by atoms with Crippen LogP contribution in [0.3, 0.4) is 0 Å². The molecule has 4 aliphatic carbocycles. The fraction of sp³-hybridized carbons (Fsp3) is 0.581. The quantitative estimate of drug-likeness (QED) is 0.214. The van der Waals surface area contributed by atoms with Gasteiger partial charge in [-0.1, -0.05) is 31.5 Å². The monoisotopic (exact) mass is 727 g/mol. The molecule has 0 saturated heterocycles. The maximum absolute atomic E-state index is 13.1. The number of carbonyl (C=O) groups is 1. The highest BCUT2D eigenvalue weighted by molar-refractivity contribution is 6.30. The number of rotatable bonds is 10. The molecule has 0 bridgehead atoms.